The first-order valence-electron chi connectivity index (χ1n) is 9.94. The van der Waals surface area contributed by atoms with Crippen LogP contribution in [-0.4, -0.2) is 19.2 Å². The first-order chi connectivity index (χ1) is 14.6. The fourth-order valence-corrected chi connectivity index (χ4v) is 4.00. The van der Waals surface area contributed by atoms with Crippen LogP contribution in [0.15, 0.2) is 72.8 Å². The predicted molar refractivity (Wildman–Crippen MR) is 123 cm³/mol. The molecule has 3 N–H and O–H groups in total. The van der Waals surface area contributed by atoms with E-state index in [0.29, 0.717) is 30.3 Å². The van der Waals surface area contributed by atoms with E-state index in [9.17, 15) is 4.79 Å². The lowest BCUT2D eigenvalue weighted by Gasteiger charge is -2.14. The van der Waals surface area contributed by atoms with E-state index in [-0.39, 0.29) is 5.92 Å². The number of nitrogens with two attached hydrogens (primary N) is 1. The molecule has 1 aliphatic carbocycles. The average molecular weight is 419 g/mol. The van der Waals surface area contributed by atoms with Gasteiger partial charge < -0.3 is 15.8 Å². The van der Waals surface area contributed by atoms with Gasteiger partial charge in [0.1, 0.15) is 6.61 Å². The largest absolute Gasteiger partial charge is 0.449 e. The van der Waals surface area contributed by atoms with Gasteiger partial charge in [0.15, 0.2) is 0 Å². The molecule has 0 fully saturated rings. The standard InChI is InChI=1S/C25H23ClN2O2/c26-18-13-12-17(24(27)15-18)7-5-6-14-28-25(29)30-16-23-21-10-3-1-8-19(21)20-9-2-4-11-22(20)23/h1-5,7-13,15,23H,6,14,16,27H2,(H,28,29). The first kappa shape index (κ1) is 20.0. The minimum Gasteiger partial charge on any atom is -0.449 e. The highest BCUT2D eigenvalue weighted by Gasteiger charge is 2.28. The maximum atomic E-state index is 12.2. The maximum absolute atomic E-state index is 12.2. The van der Waals surface area contributed by atoms with Crippen molar-refractivity contribution in [1.82, 2.24) is 5.32 Å². The molecule has 4 nitrogen and oxygen atoms in total. The molecular weight excluding hydrogens is 396 g/mol. The van der Waals surface area contributed by atoms with Crippen LogP contribution in [0, 0.1) is 0 Å². The quantitative estimate of drug-likeness (QED) is 0.389. The molecule has 3 aromatic rings. The lowest BCUT2D eigenvalue weighted by molar-refractivity contribution is 0.143. The Balaban J connectivity index is 1.28. The van der Waals surface area contributed by atoms with Gasteiger partial charge >= 0.3 is 6.09 Å². The summed E-state index contributed by atoms with van der Waals surface area (Å²) in [7, 11) is 0. The van der Waals surface area contributed by atoms with Gasteiger partial charge in [0.2, 0.25) is 0 Å². The number of nitrogen functional groups attached to an aromatic ring is 1. The maximum Gasteiger partial charge on any atom is 0.407 e. The zero-order valence-electron chi connectivity index (χ0n) is 16.5. The number of carbonyl (C=O) groups excluding carboxylic acids is 1. The minimum absolute atomic E-state index is 0.0657. The molecule has 152 valence electrons. The smallest absolute Gasteiger partial charge is 0.407 e. The van der Waals surface area contributed by atoms with E-state index in [1.165, 1.54) is 22.3 Å². The molecule has 30 heavy (non-hydrogen) atoms. The molecule has 0 saturated heterocycles. The fraction of sp³-hybridized carbons (Fsp3) is 0.160. The van der Waals surface area contributed by atoms with Crippen molar-refractivity contribution in [3.05, 3.63) is 94.5 Å². The van der Waals surface area contributed by atoms with Crippen LogP contribution in [0.1, 0.15) is 29.0 Å². The Labute approximate surface area is 181 Å². The molecule has 0 atom stereocenters. The third-order valence-corrected chi connectivity index (χ3v) is 5.51. The molecule has 5 heteroatoms. The van der Waals surface area contributed by atoms with Crippen LogP contribution in [0.5, 0.6) is 0 Å². The topological polar surface area (TPSA) is 64.3 Å². The number of hydrogen-bond donors (Lipinski definition) is 2. The SMILES string of the molecule is Nc1cc(Cl)ccc1C=CCCNC(=O)OCC1c2ccccc2-c2ccccc21. The number of alkyl carbamates (subject to hydrolysis) is 1. The lowest BCUT2D eigenvalue weighted by Crippen LogP contribution is -2.26. The minimum atomic E-state index is -0.406. The Bertz CT molecular complexity index is 1050. The second kappa shape index (κ2) is 9.06. The summed E-state index contributed by atoms with van der Waals surface area (Å²) < 4.78 is 5.53. The number of benzene rings is 3. The van der Waals surface area contributed by atoms with Crippen molar-refractivity contribution in [2.24, 2.45) is 0 Å². The van der Waals surface area contributed by atoms with Gasteiger partial charge in [-0.2, -0.15) is 0 Å². The number of ether oxygens (including phenoxy) is 1. The van der Waals surface area contributed by atoms with Crippen LogP contribution in [-0.2, 0) is 4.74 Å². The summed E-state index contributed by atoms with van der Waals surface area (Å²) >= 11 is 5.90. The van der Waals surface area contributed by atoms with Crippen LogP contribution in [0.2, 0.25) is 5.02 Å². The van der Waals surface area contributed by atoms with Gasteiger partial charge in [-0.15, -0.1) is 0 Å². The van der Waals surface area contributed by atoms with E-state index >= 15 is 0 Å². The Hall–Kier alpha value is -3.24. The Kier molecular flexibility index (Phi) is 6.05. The van der Waals surface area contributed by atoms with Crippen LogP contribution < -0.4 is 11.1 Å². The average Bonchev–Trinajstić information content (AvgIpc) is 3.07. The molecule has 0 saturated carbocycles. The number of fused-ring (bicyclic) bond motifs is 3. The summed E-state index contributed by atoms with van der Waals surface area (Å²) in [6.07, 6.45) is 4.15. The van der Waals surface area contributed by atoms with Crippen LogP contribution in [0.25, 0.3) is 17.2 Å². The van der Waals surface area contributed by atoms with E-state index in [4.69, 9.17) is 22.1 Å². The second-order valence-electron chi connectivity index (χ2n) is 7.22. The Morgan fingerprint density at radius 2 is 1.70 bits per heavy atom. The summed E-state index contributed by atoms with van der Waals surface area (Å²) in [5, 5.41) is 3.41. The van der Waals surface area contributed by atoms with Crippen LogP contribution in [0.3, 0.4) is 0 Å². The molecule has 4 rings (SSSR count). The van der Waals surface area contributed by atoms with E-state index in [1.54, 1.807) is 12.1 Å². The van der Waals surface area contributed by atoms with Crippen LogP contribution >= 0.6 is 11.6 Å². The molecule has 0 unspecified atom stereocenters. The number of anilines is 1. The molecule has 1 amide bonds. The van der Waals surface area contributed by atoms with Crippen molar-refractivity contribution in [2.75, 3.05) is 18.9 Å². The summed E-state index contributed by atoms with van der Waals surface area (Å²) in [4.78, 5) is 12.2. The van der Waals surface area contributed by atoms with Crippen LogP contribution in [0.4, 0.5) is 10.5 Å². The predicted octanol–water partition coefficient (Wildman–Crippen LogP) is 5.86. The van der Waals surface area contributed by atoms with E-state index in [1.807, 2.05) is 42.5 Å². The van der Waals surface area contributed by atoms with E-state index in [2.05, 4.69) is 29.6 Å². The normalized spacial score (nSPS) is 12.6. The van der Waals surface area contributed by atoms with Gasteiger partial charge in [0.25, 0.3) is 0 Å². The van der Waals surface area contributed by atoms with Crippen molar-refractivity contribution in [2.45, 2.75) is 12.3 Å². The van der Waals surface area contributed by atoms with Gasteiger partial charge in [-0.25, -0.2) is 4.79 Å². The summed E-state index contributed by atoms with van der Waals surface area (Å²) in [5.74, 6) is 0.0657. The zero-order chi connectivity index (χ0) is 20.9. The van der Waals surface area contributed by atoms with Crippen molar-refractivity contribution in [1.29, 1.82) is 0 Å². The van der Waals surface area contributed by atoms with E-state index in [0.717, 1.165) is 5.56 Å². The lowest BCUT2D eigenvalue weighted by atomic mass is 9.98. The number of carbonyl (C=O) groups is 1. The number of hydrogen-bond acceptors (Lipinski definition) is 3. The third kappa shape index (κ3) is 4.34. The van der Waals surface area contributed by atoms with Gasteiger partial charge in [0.05, 0.1) is 0 Å². The number of rotatable bonds is 6. The monoisotopic (exact) mass is 418 g/mol. The second-order valence-corrected chi connectivity index (χ2v) is 7.65. The van der Waals surface area contributed by atoms with Gasteiger partial charge in [-0.1, -0.05) is 78.4 Å². The highest BCUT2D eigenvalue weighted by atomic mass is 35.5. The molecule has 0 spiro atoms. The Morgan fingerprint density at radius 3 is 2.37 bits per heavy atom. The molecule has 1 aliphatic rings. The first-order valence-corrected chi connectivity index (χ1v) is 10.3. The Morgan fingerprint density at radius 1 is 1.03 bits per heavy atom. The molecule has 0 heterocycles. The molecule has 0 aromatic heterocycles. The van der Waals surface area contributed by atoms with Gasteiger partial charge in [-0.3, -0.25) is 0 Å². The van der Waals surface area contributed by atoms with Crippen molar-refractivity contribution >= 4 is 29.5 Å². The molecule has 0 radical (unpaired) electrons. The molecular formula is C25H23ClN2O2. The fourth-order valence-electron chi connectivity index (χ4n) is 3.81. The summed E-state index contributed by atoms with van der Waals surface area (Å²) in [6.45, 7) is 0.803. The van der Waals surface area contributed by atoms with Crippen molar-refractivity contribution < 1.29 is 9.53 Å². The molecule has 0 aliphatic heterocycles. The van der Waals surface area contributed by atoms with Gasteiger partial charge in [0, 0.05) is 23.2 Å². The summed E-state index contributed by atoms with van der Waals surface area (Å²) in [6, 6.07) is 22.0. The van der Waals surface area contributed by atoms with E-state index < -0.39 is 6.09 Å². The highest BCUT2D eigenvalue weighted by molar-refractivity contribution is 6.30. The third-order valence-electron chi connectivity index (χ3n) is 5.27. The van der Waals surface area contributed by atoms with Gasteiger partial charge in [-0.05, 0) is 46.4 Å². The zero-order valence-corrected chi connectivity index (χ0v) is 17.2. The highest BCUT2D eigenvalue weighted by Crippen LogP contribution is 2.44. The summed E-state index contributed by atoms with van der Waals surface area (Å²) in [5.41, 5.74) is 12.3. The number of amides is 1. The van der Waals surface area contributed by atoms with Crippen molar-refractivity contribution in [3.63, 3.8) is 0 Å². The molecule has 0 bridgehead atoms. The number of nitrogens with one attached hydrogen (secondary N) is 1. The van der Waals surface area contributed by atoms with Crippen molar-refractivity contribution in [3.8, 4) is 11.1 Å². The number of halogens is 1. The molecule has 3 aromatic carbocycles.